The summed E-state index contributed by atoms with van der Waals surface area (Å²) in [6, 6.07) is 6.65. The van der Waals surface area contributed by atoms with Gasteiger partial charge in [-0.2, -0.15) is 5.23 Å². The fraction of sp³-hybridized carbons (Fsp3) is 0.364. The van der Waals surface area contributed by atoms with Gasteiger partial charge in [-0.25, -0.2) is 5.21 Å². The number of nitrogens with one attached hydrogen (secondary N) is 1. The minimum absolute atomic E-state index is 0.106. The van der Waals surface area contributed by atoms with Crippen LogP contribution < -0.4 is 5.23 Å². The Bertz CT molecular complexity index is 337. The van der Waals surface area contributed by atoms with Crippen molar-refractivity contribution >= 4 is 11.9 Å². The van der Waals surface area contributed by atoms with Crippen molar-refractivity contribution in [3.05, 3.63) is 35.0 Å². The van der Waals surface area contributed by atoms with Crippen LogP contribution >= 0.6 is 0 Å². The molecule has 0 aromatic heterocycles. The average Bonchev–Trinajstić information content (AvgIpc) is 2.14. The van der Waals surface area contributed by atoms with Crippen LogP contribution in [0.1, 0.15) is 26.3 Å². The van der Waals surface area contributed by atoms with Gasteiger partial charge in [-0.15, -0.1) is 0 Å². The second kappa shape index (κ2) is 4.53. The third kappa shape index (κ3) is 4.20. The van der Waals surface area contributed by atoms with E-state index in [1.807, 2.05) is 20.8 Å². The fourth-order valence-electron chi connectivity index (χ4n) is 0.980. The van der Waals surface area contributed by atoms with Crippen LogP contribution in [0, 0.1) is 5.21 Å². The van der Waals surface area contributed by atoms with Crippen molar-refractivity contribution in [2.45, 2.75) is 26.3 Å². The van der Waals surface area contributed by atoms with Crippen molar-refractivity contribution in [2.75, 3.05) is 0 Å². The monoisotopic (exact) mass is 208 g/mol. The smallest absolute Gasteiger partial charge is 0.163 e. The summed E-state index contributed by atoms with van der Waals surface area (Å²) in [6.07, 6.45) is 1.76. The van der Waals surface area contributed by atoms with Crippen LogP contribution in [-0.2, 0) is 0 Å². The first kappa shape index (κ1) is 11.8. The lowest BCUT2D eigenvalue weighted by Gasteiger charge is -2.12. The molecule has 15 heavy (non-hydrogen) atoms. The highest BCUT2D eigenvalue weighted by molar-refractivity contribution is 5.80. The van der Waals surface area contributed by atoms with Crippen molar-refractivity contribution < 1.29 is 10.4 Å². The van der Waals surface area contributed by atoms with Gasteiger partial charge in [-0.1, -0.05) is 0 Å². The molecule has 0 radical (unpaired) electrons. The maximum Gasteiger partial charge on any atom is 0.163 e. The van der Waals surface area contributed by atoms with Gasteiger partial charge in [0.1, 0.15) is 0 Å². The second-order valence-electron chi connectivity index (χ2n) is 4.36. The van der Waals surface area contributed by atoms with E-state index < -0.39 is 5.23 Å². The zero-order chi connectivity index (χ0) is 11.5. The summed E-state index contributed by atoms with van der Waals surface area (Å²) in [4.78, 5) is 4.33. The number of nitrogens with zero attached hydrogens (tertiary/aromatic N) is 1. The molecule has 4 heteroatoms. The predicted molar refractivity (Wildman–Crippen MR) is 59.6 cm³/mol. The van der Waals surface area contributed by atoms with Crippen molar-refractivity contribution in [3.63, 3.8) is 0 Å². The molecule has 0 saturated carbocycles. The second-order valence-corrected chi connectivity index (χ2v) is 4.36. The zero-order valence-corrected chi connectivity index (χ0v) is 9.19. The highest BCUT2D eigenvalue weighted by atomic mass is 16.8. The van der Waals surface area contributed by atoms with E-state index in [1.54, 1.807) is 30.5 Å². The Balaban J connectivity index is 2.77. The number of benzene rings is 1. The molecule has 0 fully saturated rings. The Morgan fingerprint density at radius 3 is 2.20 bits per heavy atom. The van der Waals surface area contributed by atoms with Gasteiger partial charge >= 0.3 is 0 Å². The lowest BCUT2D eigenvalue weighted by Crippen LogP contribution is -2.99. The van der Waals surface area contributed by atoms with Crippen LogP contribution in [0.25, 0.3) is 0 Å². The molecular formula is C11H16N2O2. The molecule has 0 aliphatic heterocycles. The van der Waals surface area contributed by atoms with Gasteiger partial charge in [0.25, 0.3) is 0 Å². The summed E-state index contributed by atoms with van der Waals surface area (Å²) in [7, 11) is 0. The van der Waals surface area contributed by atoms with Crippen molar-refractivity contribution in [1.29, 1.82) is 0 Å². The topological polar surface area (TPSA) is 60.1 Å². The molecule has 82 valence electrons. The van der Waals surface area contributed by atoms with Crippen molar-refractivity contribution in [2.24, 2.45) is 4.99 Å². The van der Waals surface area contributed by atoms with Gasteiger partial charge in [0, 0.05) is 18.3 Å². The maximum atomic E-state index is 10.6. The Kier molecular flexibility index (Phi) is 3.57. The lowest BCUT2D eigenvalue weighted by molar-refractivity contribution is -0.991. The molecule has 4 nitrogen and oxygen atoms in total. The predicted octanol–water partition coefficient (Wildman–Crippen LogP) is 1.31. The highest BCUT2D eigenvalue weighted by Crippen LogP contribution is 2.08. The van der Waals surface area contributed by atoms with Crippen LogP contribution in [0.15, 0.2) is 29.3 Å². The van der Waals surface area contributed by atoms with Crippen molar-refractivity contribution in [1.82, 2.24) is 0 Å². The summed E-state index contributed by atoms with van der Waals surface area (Å²) in [5.74, 6) is 0. The SMILES string of the molecule is CC(C)(C)N=Cc1ccc([NH+]([O-])O)cc1. The van der Waals surface area contributed by atoms with E-state index in [4.69, 9.17) is 5.21 Å². The number of quaternary nitrogens is 1. The van der Waals surface area contributed by atoms with Gasteiger partial charge in [-0.3, -0.25) is 4.99 Å². The summed E-state index contributed by atoms with van der Waals surface area (Å²) >= 11 is 0. The summed E-state index contributed by atoms with van der Waals surface area (Å²) in [5, 5.41) is 18.4. The molecule has 0 bridgehead atoms. The molecule has 1 atom stereocenters. The Labute approximate surface area is 89.4 Å². The van der Waals surface area contributed by atoms with Gasteiger partial charge in [0.15, 0.2) is 5.69 Å². The first-order valence-electron chi connectivity index (χ1n) is 4.77. The number of aliphatic imine (C=N–C) groups is 1. The van der Waals surface area contributed by atoms with Crippen LogP contribution in [0.5, 0.6) is 0 Å². The summed E-state index contributed by atoms with van der Waals surface area (Å²) < 4.78 is 0. The highest BCUT2D eigenvalue weighted by Gasteiger charge is 2.04. The van der Waals surface area contributed by atoms with Gasteiger partial charge < -0.3 is 5.21 Å². The molecule has 1 unspecified atom stereocenters. The standard InChI is InChI=1S/C11H16N2O2/c1-11(2,3)12-8-9-4-6-10(7-5-9)13(14)15/h4-8,13-14H,1-3H3. The van der Waals surface area contributed by atoms with E-state index in [9.17, 15) is 5.21 Å². The van der Waals surface area contributed by atoms with E-state index >= 15 is 0 Å². The molecule has 1 aromatic rings. The summed E-state index contributed by atoms with van der Waals surface area (Å²) in [5.41, 5.74) is 1.10. The van der Waals surface area contributed by atoms with Gasteiger partial charge in [0.2, 0.25) is 0 Å². The van der Waals surface area contributed by atoms with Crippen LogP contribution in [0.4, 0.5) is 5.69 Å². The van der Waals surface area contributed by atoms with Crippen LogP contribution in [-0.4, -0.2) is 17.0 Å². The van der Waals surface area contributed by atoms with E-state index in [0.29, 0.717) is 5.69 Å². The molecular weight excluding hydrogens is 192 g/mol. The van der Waals surface area contributed by atoms with E-state index in [-0.39, 0.29) is 5.54 Å². The molecule has 0 saturated heterocycles. The molecule has 2 N–H and O–H groups in total. The molecule has 1 aromatic carbocycles. The first-order chi connectivity index (χ1) is 6.88. The van der Waals surface area contributed by atoms with E-state index in [2.05, 4.69) is 4.99 Å². The molecule has 0 heterocycles. The fourth-order valence-corrected chi connectivity index (χ4v) is 0.980. The lowest BCUT2D eigenvalue weighted by atomic mass is 10.1. The van der Waals surface area contributed by atoms with Crippen LogP contribution in [0.3, 0.4) is 0 Å². The third-order valence-electron chi connectivity index (χ3n) is 1.76. The molecule has 0 spiro atoms. The maximum absolute atomic E-state index is 10.6. The van der Waals surface area contributed by atoms with Gasteiger partial charge in [-0.05, 0) is 38.5 Å². The number of hydrogen-bond donors (Lipinski definition) is 2. The largest absolute Gasteiger partial charge is 0.595 e. The normalized spacial score (nSPS) is 14.5. The average molecular weight is 208 g/mol. The third-order valence-corrected chi connectivity index (χ3v) is 1.76. The molecule has 1 rings (SSSR count). The number of hydrogen-bond acceptors (Lipinski definition) is 3. The Hall–Kier alpha value is -1.23. The molecule has 0 aliphatic carbocycles. The summed E-state index contributed by atoms with van der Waals surface area (Å²) in [6.45, 7) is 6.03. The van der Waals surface area contributed by atoms with Gasteiger partial charge in [0.05, 0.1) is 5.54 Å². The zero-order valence-electron chi connectivity index (χ0n) is 9.19. The Morgan fingerprint density at radius 2 is 1.80 bits per heavy atom. The van der Waals surface area contributed by atoms with E-state index in [0.717, 1.165) is 5.56 Å². The minimum Gasteiger partial charge on any atom is -0.595 e. The number of rotatable bonds is 2. The Morgan fingerprint density at radius 1 is 1.27 bits per heavy atom. The van der Waals surface area contributed by atoms with Crippen LogP contribution in [0.2, 0.25) is 0 Å². The van der Waals surface area contributed by atoms with E-state index in [1.165, 1.54) is 0 Å². The quantitative estimate of drug-likeness (QED) is 0.568. The van der Waals surface area contributed by atoms with Crippen molar-refractivity contribution in [3.8, 4) is 0 Å². The first-order valence-corrected chi connectivity index (χ1v) is 4.77. The minimum atomic E-state index is -0.908. The molecule has 0 amide bonds. The molecule has 0 aliphatic rings.